The van der Waals surface area contributed by atoms with Gasteiger partial charge in [-0.3, -0.25) is 82.1 Å². The molecule has 14 atom stereocenters. The third-order valence-corrected chi connectivity index (χ3v) is 18.6. The summed E-state index contributed by atoms with van der Waals surface area (Å²) in [6.45, 7) is 1.61. The van der Waals surface area contributed by atoms with Crippen LogP contribution < -0.4 is 111 Å². The van der Waals surface area contributed by atoms with Crippen molar-refractivity contribution in [1.82, 2.24) is 63.0 Å². The Kier molecular flexibility index (Phi) is 46.1. The Morgan fingerprint density at radius 3 is 1.13 bits per heavy atom. The van der Waals surface area contributed by atoms with Crippen molar-refractivity contribution in [2.75, 3.05) is 63.9 Å². The third-order valence-electron chi connectivity index (χ3n) is 17.8. The number of carbonyl (C=O) groups is 15. The first-order valence-corrected chi connectivity index (χ1v) is 38.1. The highest BCUT2D eigenvalue weighted by Crippen LogP contribution is 2.23. The molecule has 111 heavy (non-hydrogen) atoms. The Labute approximate surface area is 653 Å². The van der Waals surface area contributed by atoms with Crippen LogP contribution in [0.25, 0.3) is 0 Å². The van der Waals surface area contributed by atoms with Crippen LogP contribution >= 0.6 is 25.3 Å². The number of thiol groups is 2. The predicted molar refractivity (Wildman–Crippen MR) is 411 cm³/mol. The number of carbonyl (C=O) groups excluding carboxylic acids is 12. The highest BCUT2D eigenvalue weighted by Gasteiger charge is 2.43. The van der Waals surface area contributed by atoms with Gasteiger partial charge in [0.25, 0.3) is 0 Å². The maximum absolute atomic E-state index is 14.6. The van der Waals surface area contributed by atoms with Crippen molar-refractivity contribution in [1.29, 1.82) is 0 Å². The number of aliphatic carboxylic acids is 3. The van der Waals surface area contributed by atoms with Crippen LogP contribution in [0.1, 0.15) is 148 Å². The van der Waals surface area contributed by atoms with E-state index in [0.717, 1.165) is 9.80 Å². The van der Waals surface area contributed by atoms with Crippen LogP contribution in [0.5, 0.6) is 0 Å². The largest absolute Gasteiger partial charge is 0.481 e. The Hall–Kier alpha value is -9.64. The van der Waals surface area contributed by atoms with Gasteiger partial charge in [0.2, 0.25) is 70.9 Å². The summed E-state index contributed by atoms with van der Waals surface area (Å²) in [5.41, 5.74) is 55.7. The molecule has 34 N–H and O–H groups in total. The topological polar surface area (TPSA) is 761 Å². The molecule has 44 nitrogen and oxygen atoms in total. The molecule has 0 spiro atoms. The van der Waals surface area contributed by atoms with Crippen LogP contribution in [-0.4, -0.2) is 285 Å². The van der Waals surface area contributed by atoms with Crippen molar-refractivity contribution >= 4 is 132 Å². The molecule has 0 saturated carbocycles. The zero-order valence-corrected chi connectivity index (χ0v) is 64.3. The number of amides is 12. The van der Waals surface area contributed by atoms with Gasteiger partial charge in [0.15, 0.2) is 17.9 Å². The number of aliphatic hydroxyl groups excluding tert-OH is 1. The van der Waals surface area contributed by atoms with Crippen molar-refractivity contribution in [2.24, 2.45) is 72.3 Å². The zero-order valence-electron chi connectivity index (χ0n) is 62.5. The third kappa shape index (κ3) is 36.4. The molecule has 46 heteroatoms. The highest BCUT2D eigenvalue weighted by atomic mass is 32.1. The number of hydrogen-bond acceptors (Lipinski definition) is 25. The normalized spacial score (nSPS) is 17.0. The molecule has 0 bridgehead atoms. The molecule has 628 valence electrons. The minimum Gasteiger partial charge on any atom is -0.481 e. The average Bonchev–Trinajstić information content (AvgIpc) is 1.75. The van der Waals surface area contributed by atoms with E-state index in [1.165, 1.54) is 6.92 Å². The van der Waals surface area contributed by atoms with E-state index in [1.54, 1.807) is 0 Å². The van der Waals surface area contributed by atoms with E-state index in [0.29, 0.717) is 12.8 Å². The predicted octanol–water partition coefficient (Wildman–Crippen LogP) is -9.64. The molecule has 0 unspecified atom stereocenters. The molecule has 0 aromatic carbocycles. The number of nitrogens with two attached hydrogens (primary N) is 10. The zero-order chi connectivity index (χ0) is 83.4. The van der Waals surface area contributed by atoms with E-state index < -0.39 is 198 Å². The Balaban J connectivity index is 2.46. The lowest BCUT2D eigenvalue weighted by Crippen LogP contribution is -2.61. The van der Waals surface area contributed by atoms with Gasteiger partial charge in [-0.15, -0.1) is 0 Å². The van der Waals surface area contributed by atoms with Crippen LogP contribution in [0.15, 0.2) is 15.0 Å². The summed E-state index contributed by atoms with van der Waals surface area (Å²) in [6, 6.07) is -19.5. The Morgan fingerprint density at radius 1 is 0.405 bits per heavy atom. The smallest absolute Gasteiger partial charge is 0.326 e. The fraction of sp³-hybridized carbons (Fsp3) is 0.723. The number of nitrogens with zero attached hydrogens (tertiary/aromatic N) is 5. The summed E-state index contributed by atoms with van der Waals surface area (Å²) in [5, 5.41) is 65.4. The first-order chi connectivity index (χ1) is 52.5. The lowest BCUT2D eigenvalue weighted by atomic mass is 10.0. The number of likely N-dealkylation sites (tertiary alicyclic amines) is 2. The summed E-state index contributed by atoms with van der Waals surface area (Å²) in [6.07, 6.45) is -2.11. The van der Waals surface area contributed by atoms with Gasteiger partial charge in [-0.1, -0.05) is 0 Å². The minimum absolute atomic E-state index is 0.00360. The van der Waals surface area contributed by atoms with Gasteiger partial charge < -0.3 is 141 Å². The first kappa shape index (κ1) is 97.4. The second-order valence-corrected chi connectivity index (χ2v) is 27.4. The summed E-state index contributed by atoms with van der Waals surface area (Å²) >= 11 is 8.27. The van der Waals surface area contributed by atoms with Gasteiger partial charge in [-0.25, -0.2) is 4.79 Å². The molecule has 2 fully saturated rings. The quantitative estimate of drug-likeness (QED) is 0.0116. The van der Waals surface area contributed by atoms with Crippen molar-refractivity contribution in [3.8, 4) is 0 Å². The molecule has 2 rings (SSSR count). The standard InChI is InChI=1S/C65H117N25O19S2/c1-34(91)49(88-54(100)38(17-9-27-77-64(72)73)79-50(96)35(69)32-110)59(105)84-41(15-4-7-25-68)61(107)90-30-12-20-46(90)58(104)82-39(21-22-47(92)93)53(99)80-36(13-2-5-23-66)52(98)87-44(33-111)56(102)86-43(31-48(94)95)55(101)83-40(14-3-6-24-67)60(106)89-29-11-19-45(89)57(103)81-37(16-8-26-76-63(70)71)51(97)85-42(62(108)109)18-10-28-78-65(74)75/h34-46,49,91,110-111H,2-33,66-69H2,1H3,(H,79,96)(H,80,99)(H,81,103)(H,82,104)(H,83,101)(H,84,105)(H,85,97)(H,86,102)(H,87,98)(H,88,100)(H,92,93)(H,94,95)(H,108,109)(H4,70,71,76)(H4,72,73,77)(H4,74,75,78)/t34-,35+,36+,37+,38+,39+,40+,41+,42+,43+,44+,45+,46+,49+/m1/s1. The van der Waals surface area contributed by atoms with Crippen molar-refractivity contribution < 1.29 is 92.3 Å². The van der Waals surface area contributed by atoms with Gasteiger partial charge in [0, 0.05) is 50.7 Å². The van der Waals surface area contributed by atoms with Crippen molar-refractivity contribution in [2.45, 2.75) is 233 Å². The van der Waals surface area contributed by atoms with Gasteiger partial charge in [0.1, 0.15) is 72.5 Å². The van der Waals surface area contributed by atoms with Crippen LogP contribution in [-0.2, 0) is 71.9 Å². The molecule has 2 heterocycles. The Morgan fingerprint density at radius 2 is 0.739 bits per heavy atom. The molecule has 0 aliphatic carbocycles. The number of carboxylic acids is 3. The average molecular weight is 1620 g/mol. The lowest BCUT2D eigenvalue weighted by Gasteiger charge is -2.31. The van der Waals surface area contributed by atoms with E-state index in [2.05, 4.69) is 93.4 Å². The van der Waals surface area contributed by atoms with Crippen molar-refractivity contribution in [3.63, 3.8) is 0 Å². The summed E-state index contributed by atoms with van der Waals surface area (Å²) < 4.78 is 0. The number of nitrogens with one attached hydrogen (secondary N) is 10. The van der Waals surface area contributed by atoms with Gasteiger partial charge in [0.05, 0.1) is 18.6 Å². The number of hydrogen-bond donors (Lipinski definition) is 26. The van der Waals surface area contributed by atoms with E-state index in [9.17, 15) is 92.3 Å². The summed E-state index contributed by atoms with van der Waals surface area (Å²) in [5.74, 6) is -17.3. The fourth-order valence-corrected chi connectivity index (χ4v) is 12.3. The van der Waals surface area contributed by atoms with E-state index >= 15 is 0 Å². The van der Waals surface area contributed by atoms with Crippen molar-refractivity contribution in [3.05, 3.63) is 0 Å². The van der Waals surface area contributed by atoms with Gasteiger partial charge in [-0.2, -0.15) is 25.3 Å². The first-order valence-electron chi connectivity index (χ1n) is 36.8. The van der Waals surface area contributed by atoms with E-state index in [1.807, 2.05) is 0 Å². The monoisotopic (exact) mass is 1620 g/mol. The molecule has 0 radical (unpaired) electrons. The Bertz CT molecular complexity index is 3200. The molecule has 0 aromatic rings. The van der Waals surface area contributed by atoms with Gasteiger partial charge in [-0.05, 0) is 155 Å². The van der Waals surface area contributed by atoms with E-state index in [4.69, 9.17) is 57.3 Å². The van der Waals surface area contributed by atoms with Crippen LogP contribution in [0, 0.1) is 0 Å². The van der Waals surface area contributed by atoms with Crippen LogP contribution in [0.3, 0.4) is 0 Å². The summed E-state index contributed by atoms with van der Waals surface area (Å²) in [7, 11) is 0. The second-order valence-electron chi connectivity index (χ2n) is 26.7. The van der Waals surface area contributed by atoms with Crippen LogP contribution in [0.4, 0.5) is 0 Å². The molecular formula is C65H117N25O19S2. The number of guanidine groups is 3. The highest BCUT2D eigenvalue weighted by molar-refractivity contribution is 7.80. The number of unbranched alkanes of at least 4 members (excludes halogenated alkanes) is 3. The number of aliphatic hydroxyl groups is 1. The van der Waals surface area contributed by atoms with E-state index in [-0.39, 0.29) is 185 Å². The lowest BCUT2D eigenvalue weighted by molar-refractivity contribution is -0.144. The molecule has 12 amide bonds. The fourth-order valence-electron chi connectivity index (χ4n) is 11.9. The molecule has 2 saturated heterocycles. The SMILES string of the molecule is C[C@@H](O)[C@H](NC(=O)[C@H](CCCN=C(N)N)NC(=O)[C@@H](N)CS)C(=O)N[C@@H](CCCCN)C(=O)N1CCC[C@H]1C(=O)N[C@@H](CCC(=O)O)C(=O)N[C@@H](CCCCN)C(=O)N[C@@H](CS)C(=O)N[C@@H](CC(=O)O)C(=O)N[C@@H](CCCCN)C(=O)N1CCC[C@H]1C(=O)N[C@@H](CCCN=C(N)N)C(=O)N[C@@H](CCCN=C(N)N)C(=O)O. The molecule has 0 aromatic heterocycles. The maximum atomic E-state index is 14.6. The number of carboxylic acid groups (broad SMARTS) is 3. The molecule has 2 aliphatic rings. The molecular weight excluding hydrogens is 1500 g/mol. The number of aliphatic imine (C=N–C) groups is 3. The summed E-state index contributed by atoms with van der Waals surface area (Å²) in [4.78, 5) is 220. The van der Waals surface area contributed by atoms with Crippen LogP contribution in [0.2, 0.25) is 0 Å². The molecule has 2 aliphatic heterocycles. The maximum Gasteiger partial charge on any atom is 0.326 e. The minimum atomic E-state index is -1.96. The number of rotatable bonds is 55. The second kappa shape index (κ2) is 52.5. The van der Waals surface area contributed by atoms with Gasteiger partial charge >= 0.3 is 17.9 Å².